The van der Waals surface area contributed by atoms with Gasteiger partial charge in [0.15, 0.2) is 0 Å². The highest BCUT2D eigenvalue weighted by atomic mass is 16.3. The Kier molecular flexibility index (Phi) is 5.98. The maximum absolute atomic E-state index is 10.8. The van der Waals surface area contributed by atoms with Crippen LogP contribution in [0, 0.1) is 0 Å². The standard InChI is InChI=1S/C37H32N4O/c1-37(2)29-12-8-9-13-32(29)41(35-22-25(18-19-38-35)24-10-6-5-7-11-24)33-21-26(14-16-30(33)37)31-17-15-27-20-28(40(3)4)23-34(42)36(27)39-31/h5-23,42H,1-4H3. The van der Waals surface area contributed by atoms with Crippen LogP contribution in [0.25, 0.3) is 33.3 Å². The monoisotopic (exact) mass is 548 g/mol. The van der Waals surface area contributed by atoms with Gasteiger partial charge in [0, 0.05) is 48.4 Å². The summed E-state index contributed by atoms with van der Waals surface area (Å²) in [6, 6.07) is 37.7. The number of hydrogen-bond donors (Lipinski definition) is 1. The first-order valence-corrected chi connectivity index (χ1v) is 14.2. The molecule has 0 bridgehead atoms. The lowest BCUT2D eigenvalue weighted by Crippen LogP contribution is -2.31. The van der Waals surface area contributed by atoms with Crippen LogP contribution in [-0.2, 0) is 5.41 Å². The summed E-state index contributed by atoms with van der Waals surface area (Å²) >= 11 is 0. The quantitative estimate of drug-likeness (QED) is 0.238. The molecular formula is C37H32N4O. The third-order valence-corrected chi connectivity index (χ3v) is 8.38. The van der Waals surface area contributed by atoms with Gasteiger partial charge < -0.3 is 10.0 Å². The molecule has 42 heavy (non-hydrogen) atoms. The number of aromatic hydroxyl groups is 1. The van der Waals surface area contributed by atoms with Crippen molar-refractivity contribution in [2.24, 2.45) is 0 Å². The van der Waals surface area contributed by atoms with Crippen molar-refractivity contribution in [2.75, 3.05) is 23.9 Å². The predicted octanol–water partition coefficient (Wildman–Crippen LogP) is 8.84. The number of fused-ring (bicyclic) bond motifs is 3. The van der Waals surface area contributed by atoms with Gasteiger partial charge in [-0.05, 0) is 58.7 Å². The number of pyridine rings is 2. The van der Waals surface area contributed by atoms with E-state index in [4.69, 9.17) is 9.97 Å². The second-order valence-electron chi connectivity index (χ2n) is 11.6. The van der Waals surface area contributed by atoms with Crippen LogP contribution in [0.1, 0.15) is 25.0 Å². The second-order valence-corrected chi connectivity index (χ2v) is 11.6. The number of phenols is 1. The molecule has 0 aliphatic carbocycles. The zero-order chi connectivity index (χ0) is 29.0. The molecule has 1 aliphatic rings. The van der Waals surface area contributed by atoms with Crippen LogP contribution in [0.4, 0.5) is 22.9 Å². The minimum atomic E-state index is -0.213. The van der Waals surface area contributed by atoms with Gasteiger partial charge in [-0.1, -0.05) is 80.6 Å². The maximum Gasteiger partial charge on any atom is 0.143 e. The molecule has 0 saturated carbocycles. The molecule has 0 amide bonds. The lowest BCUT2D eigenvalue weighted by atomic mass is 9.73. The number of phenolic OH excluding ortho intramolecular Hbond substituents is 1. The summed E-state index contributed by atoms with van der Waals surface area (Å²) in [5.41, 5.74) is 10.0. The molecule has 0 fully saturated rings. The number of aromatic nitrogens is 2. The molecular weight excluding hydrogens is 516 g/mol. The molecule has 1 aliphatic heterocycles. The summed E-state index contributed by atoms with van der Waals surface area (Å²) in [5.74, 6) is 1.03. The Balaban J connectivity index is 1.41. The summed E-state index contributed by atoms with van der Waals surface area (Å²) in [4.78, 5) is 14.1. The van der Waals surface area contributed by atoms with Crippen molar-refractivity contribution < 1.29 is 5.11 Å². The Morgan fingerprint density at radius 3 is 2.26 bits per heavy atom. The second kappa shape index (κ2) is 9.74. The fraction of sp³-hybridized carbons (Fsp3) is 0.135. The van der Waals surface area contributed by atoms with E-state index in [0.29, 0.717) is 5.52 Å². The van der Waals surface area contributed by atoms with E-state index in [1.165, 1.54) is 11.1 Å². The van der Waals surface area contributed by atoms with E-state index in [1.807, 2.05) is 49.5 Å². The van der Waals surface area contributed by atoms with Gasteiger partial charge in [0.05, 0.1) is 17.1 Å². The van der Waals surface area contributed by atoms with Crippen molar-refractivity contribution in [3.8, 4) is 28.1 Å². The molecule has 5 nitrogen and oxygen atoms in total. The highest BCUT2D eigenvalue weighted by Gasteiger charge is 2.37. The van der Waals surface area contributed by atoms with E-state index in [-0.39, 0.29) is 11.2 Å². The van der Waals surface area contributed by atoms with Gasteiger partial charge in [0.25, 0.3) is 0 Å². The van der Waals surface area contributed by atoms with Crippen LogP contribution >= 0.6 is 0 Å². The molecule has 7 rings (SSSR count). The van der Waals surface area contributed by atoms with Gasteiger partial charge in [-0.25, -0.2) is 9.97 Å². The third kappa shape index (κ3) is 4.17. The first-order valence-electron chi connectivity index (χ1n) is 14.2. The van der Waals surface area contributed by atoms with Crippen molar-refractivity contribution in [2.45, 2.75) is 19.3 Å². The van der Waals surface area contributed by atoms with Crippen molar-refractivity contribution in [1.82, 2.24) is 9.97 Å². The minimum absolute atomic E-state index is 0.176. The molecule has 0 spiro atoms. The van der Waals surface area contributed by atoms with Crippen LogP contribution in [0.3, 0.4) is 0 Å². The number of nitrogens with zero attached hydrogens (tertiary/aromatic N) is 4. The lowest BCUT2D eigenvalue weighted by Gasteiger charge is -2.41. The van der Waals surface area contributed by atoms with E-state index in [1.54, 1.807) is 6.07 Å². The molecule has 0 radical (unpaired) electrons. The smallest absolute Gasteiger partial charge is 0.143 e. The molecule has 2 aromatic heterocycles. The molecule has 5 heteroatoms. The summed E-state index contributed by atoms with van der Waals surface area (Å²) in [7, 11) is 3.93. The molecule has 0 saturated heterocycles. The van der Waals surface area contributed by atoms with E-state index < -0.39 is 0 Å². The lowest BCUT2D eigenvalue weighted by molar-refractivity contribution is 0.480. The van der Waals surface area contributed by atoms with E-state index >= 15 is 0 Å². The number of anilines is 4. The van der Waals surface area contributed by atoms with Crippen LogP contribution in [0.2, 0.25) is 0 Å². The van der Waals surface area contributed by atoms with E-state index in [0.717, 1.165) is 50.7 Å². The van der Waals surface area contributed by atoms with Gasteiger partial charge in [-0.15, -0.1) is 0 Å². The summed E-state index contributed by atoms with van der Waals surface area (Å²) in [6.07, 6.45) is 1.89. The Morgan fingerprint density at radius 2 is 1.45 bits per heavy atom. The summed E-state index contributed by atoms with van der Waals surface area (Å²) in [6.45, 7) is 4.56. The predicted molar refractivity (Wildman–Crippen MR) is 173 cm³/mol. The number of rotatable bonds is 4. The SMILES string of the molecule is CN(C)c1cc(O)c2nc(-c3ccc4c(c3)N(c3cc(-c5ccccc5)ccn3)c3ccccc3C4(C)C)ccc2c1. The zero-order valence-electron chi connectivity index (χ0n) is 24.2. The van der Waals surface area contributed by atoms with Crippen LogP contribution < -0.4 is 9.80 Å². The third-order valence-electron chi connectivity index (χ3n) is 8.38. The normalized spacial score (nSPS) is 13.5. The van der Waals surface area contributed by atoms with Crippen LogP contribution in [0.15, 0.2) is 115 Å². The highest BCUT2D eigenvalue weighted by molar-refractivity contribution is 5.91. The molecule has 3 heterocycles. The van der Waals surface area contributed by atoms with Gasteiger partial charge in [-0.2, -0.15) is 0 Å². The fourth-order valence-corrected chi connectivity index (χ4v) is 6.09. The van der Waals surface area contributed by atoms with Crippen molar-refractivity contribution in [3.63, 3.8) is 0 Å². The summed E-state index contributed by atoms with van der Waals surface area (Å²) < 4.78 is 0. The zero-order valence-corrected chi connectivity index (χ0v) is 24.2. The van der Waals surface area contributed by atoms with Gasteiger partial charge >= 0.3 is 0 Å². The minimum Gasteiger partial charge on any atom is -0.506 e. The largest absolute Gasteiger partial charge is 0.506 e. The molecule has 1 N–H and O–H groups in total. The van der Waals surface area contributed by atoms with Gasteiger partial charge in [0.2, 0.25) is 0 Å². The Bertz CT molecular complexity index is 1960. The molecule has 0 unspecified atom stereocenters. The molecule has 0 atom stereocenters. The van der Waals surface area contributed by atoms with Crippen molar-refractivity contribution in [1.29, 1.82) is 0 Å². The number of benzene rings is 4. The molecule has 6 aromatic rings. The van der Waals surface area contributed by atoms with Crippen LogP contribution in [0.5, 0.6) is 5.75 Å². The number of para-hydroxylation sites is 1. The fourth-order valence-electron chi connectivity index (χ4n) is 6.09. The Labute approximate surface area is 246 Å². The molecule has 4 aromatic carbocycles. The van der Waals surface area contributed by atoms with E-state index in [9.17, 15) is 5.11 Å². The van der Waals surface area contributed by atoms with Gasteiger partial charge in [-0.3, -0.25) is 4.90 Å². The average molecular weight is 549 g/mol. The van der Waals surface area contributed by atoms with Gasteiger partial charge in [0.1, 0.15) is 17.1 Å². The van der Waals surface area contributed by atoms with Crippen molar-refractivity contribution >= 4 is 33.8 Å². The van der Waals surface area contributed by atoms with Crippen molar-refractivity contribution in [3.05, 3.63) is 127 Å². The number of hydrogen-bond acceptors (Lipinski definition) is 5. The Morgan fingerprint density at radius 1 is 0.690 bits per heavy atom. The topological polar surface area (TPSA) is 52.5 Å². The average Bonchev–Trinajstić information content (AvgIpc) is 3.01. The Hall–Kier alpha value is -5.16. The van der Waals surface area contributed by atoms with E-state index in [2.05, 4.69) is 97.6 Å². The summed E-state index contributed by atoms with van der Waals surface area (Å²) in [5, 5.41) is 11.7. The first-order chi connectivity index (χ1) is 20.3. The maximum atomic E-state index is 10.8. The van der Waals surface area contributed by atoms with Crippen LogP contribution in [-0.4, -0.2) is 29.2 Å². The first kappa shape index (κ1) is 25.8. The molecule has 206 valence electrons. The highest BCUT2D eigenvalue weighted by Crippen LogP contribution is 2.52.